The summed E-state index contributed by atoms with van der Waals surface area (Å²) in [6.45, 7) is 6.30. The Morgan fingerprint density at radius 2 is 2.00 bits per heavy atom. The van der Waals surface area contributed by atoms with Gasteiger partial charge in [0.05, 0.1) is 0 Å². The Labute approximate surface area is 73.0 Å². The van der Waals surface area contributed by atoms with Crippen LogP contribution >= 0.6 is 0 Å². The molecule has 68 valence electrons. The maximum atomic E-state index is 11.5. The van der Waals surface area contributed by atoms with Gasteiger partial charge in [0, 0.05) is 11.3 Å². The van der Waals surface area contributed by atoms with Crippen LogP contribution in [0.15, 0.2) is 0 Å². The van der Waals surface area contributed by atoms with Gasteiger partial charge in [-0.3, -0.25) is 4.79 Å². The van der Waals surface area contributed by atoms with Gasteiger partial charge in [-0.2, -0.15) is 0 Å². The summed E-state index contributed by atoms with van der Waals surface area (Å²) in [7, 11) is 0. The van der Waals surface area contributed by atoms with Crippen LogP contribution in [0.25, 0.3) is 0 Å². The molecule has 0 spiro atoms. The SMILES string of the molecule is CC1(C)C[C@]2(C)C[C@H]1C(=O)[C@@H]2O. The molecule has 0 aliphatic heterocycles. The first-order chi connectivity index (χ1) is 5.37. The molecule has 0 radical (unpaired) electrons. The van der Waals surface area contributed by atoms with Gasteiger partial charge < -0.3 is 5.11 Å². The van der Waals surface area contributed by atoms with Crippen LogP contribution in [0.5, 0.6) is 0 Å². The quantitative estimate of drug-likeness (QED) is 0.593. The van der Waals surface area contributed by atoms with E-state index in [2.05, 4.69) is 13.8 Å². The molecule has 2 heteroatoms. The molecule has 2 rings (SSSR count). The Morgan fingerprint density at radius 1 is 1.42 bits per heavy atom. The molecular weight excluding hydrogens is 152 g/mol. The average Bonchev–Trinajstić information content (AvgIpc) is 2.27. The monoisotopic (exact) mass is 168 g/mol. The molecule has 2 nitrogen and oxygen atoms in total. The smallest absolute Gasteiger partial charge is 0.165 e. The average molecular weight is 168 g/mol. The number of aliphatic hydroxyl groups excluding tert-OH is 1. The maximum absolute atomic E-state index is 11.5. The molecule has 0 aromatic rings. The van der Waals surface area contributed by atoms with Crippen LogP contribution < -0.4 is 0 Å². The fourth-order valence-corrected chi connectivity index (χ4v) is 3.21. The molecule has 0 aromatic carbocycles. The molecule has 0 unspecified atom stereocenters. The number of rotatable bonds is 0. The van der Waals surface area contributed by atoms with Crippen molar-refractivity contribution in [3.8, 4) is 0 Å². The number of Topliss-reactive ketones (excluding diaryl/α,β-unsaturated/α-hetero) is 1. The zero-order chi connectivity index (χ0) is 9.15. The van der Waals surface area contributed by atoms with Crippen LogP contribution in [-0.2, 0) is 4.79 Å². The van der Waals surface area contributed by atoms with Crippen molar-refractivity contribution in [3.05, 3.63) is 0 Å². The van der Waals surface area contributed by atoms with E-state index >= 15 is 0 Å². The van der Waals surface area contributed by atoms with Crippen molar-refractivity contribution < 1.29 is 9.90 Å². The molecular formula is C10H16O2. The van der Waals surface area contributed by atoms with Crippen LogP contribution in [0.3, 0.4) is 0 Å². The maximum Gasteiger partial charge on any atom is 0.165 e. The van der Waals surface area contributed by atoms with Crippen LogP contribution in [0.4, 0.5) is 0 Å². The summed E-state index contributed by atoms with van der Waals surface area (Å²) in [5.74, 6) is 0.186. The third kappa shape index (κ3) is 0.764. The van der Waals surface area contributed by atoms with Gasteiger partial charge in [-0.15, -0.1) is 0 Å². The Hall–Kier alpha value is -0.370. The molecule has 0 amide bonds. The molecule has 0 saturated heterocycles. The summed E-state index contributed by atoms with van der Waals surface area (Å²) in [5, 5.41) is 9.63. The highest BCUT2D eigenvalue weighted by atomic mass is 16.3. The highest BCUT2D eigenvalue weighted by Crippen LogP contribution is 2.60. The van der Waals surface area contributed by atoms with Crippen LogP contribution in [0, 0.1) is 16.7 Å². The minimum absolute atomic E-state index is 0.0775. The summed E-state index contributed by atoms with van der Waals surface area (Å²) < 4.78 is 0. The predicted octanol–water partition coefficient (Wildman–Crippen LogP) is 1.37. The number of fused-ring (bicyclic) bond motifs is 2. The van der Waals surface area contributed by atoms with Crippen LogP contribution in [-0.4, -0.2) is 17.0 Å². The number of carbonyl (C=O) groups excluding carboxylic acids is 1. The second-order valence-electron chi connectivity index (χ2n) is 5.38. The van der Waals surface area contributed by atoms with Gasteiger partial charge in [0.2, 0.25) is 0 Å². The molecule has 2 aliphatic carbocycles. The standard InChI is InChI=1S/C10H16O2/c1-9(2)5-10(3)4-6(9)7(11)8(10)12/h6,8,12H,4-5H2,1-3H3/t6-,8-,10-/m0/s1. The van der Waals surface area contributed by atoms with Gasteiger partial charge >= 0.3 is 0 Å². The van der Waals surface area contributed by atoms with E-state index in [1.807, 2.05) is 6.92 Å². The molecule has 1 N–H and O–H groups in total. The lowest BCUT2D eigenvalue weighted by atomic mass is 9.71. The van der Waals surface area contributed by atoms with Crippen molar-refractivity contribution in [2.45, 2.75) is 39.7 Å². The number of ketones is 1. The first-order valence-corrected chi connectivity index (χ1v) is 4.59. The van der Waals surface area contributed by atoms with Crippen molar-refractivity contribution in [1.82, 2.24) is 0 Å². The van der Waals surface area contributed by atoms with E-state index in [0.717, 1.165) is 12.8 Å². The topological polar surface area (TPSA) is 37.3 Å². The van der Waals surface area contributed by atoms with Gasteiger partial charge in [-0.05, 0) is 18.3 Å². The van der Waals surface area contributed by atoms with Gasteiger partial charge in [-0.25, -0.2) is 0 Å². The second kappa shape index (κ2) is 1.92. The summed E-state index contributed by atoms with van der Waals surface area (Å²) in [6, 6.07) is 0. The summed E-state index contributed by atoms with van der Waals surface area (Å²) >= 11 is 0. The Bertz CT molecular complexity index is 244. The Kier molecular flexibility index (Phi) is 1.32. The molecule has 12 heavy (non-hydrogen) atoms. The second-order valence-corrected chi connectivity index (χ2v) is 5.38. The van der Waals surface area contributed by atoms with E-state index in [9.17, 15) is 9.90 Å². The molecule has 2 bridgehead atoms. The van der Waals surface area contributed by atoms with Gasteiger partial charge in [0.15, 0.2) is 5.78 Å². The molecule has 2 fully saturated rings. The van der Waals surface area contributed by atoms with Gasteiger partial charge in [0.25, 0.3) is 0 Å². The van der Waals surface area contributed by atoms with Crippen molar-refractivity contribution in [1.29, 1.82) is 0 Å². The number of carbonyl (C=O) groups is 1. The van der Waals surface area contributed by atoms with E-state index < -0.39 is 6.10 Å². The van der Waals surface area contributed by atoms with E-state index in [1.54, 1.807) is 0 Å². The van der Waals surface area contributed by atoms with Crippen molar-refractivity contribution in [2.75, 3.05) is 0 Å². The molecule has 2 saturated carbocycles. The van der Waals surface area contributed by atoms with Gasteiger partial charge in [0.1, 0.15) is 6.10 Å². The lowest BCUT2D eigenvalue weighted by molar-refractivity contribution is -0.137. The third-order valence-corrected chi connectivity index (χ3v) is 3.75. The molecule has 0 aromatic heterocycles. The highest BCUT2D eigenvalue weighted by molar-refractivity contribution is 5.90. The largest absolute Gasteiger partial charge is 0.385 e. The third-order valence-electron chi connectivity index (χ3n) is 3.75. The summed E-state index contributed by atoms with van der Waals surface area (Å²) in [6.07, 6.45) is 1.19. The molecule has 3 atom stereocenters. The van der Waals surface area contributed by atoms with Crippen molar-refractivity contribution in [2.24, 2.45) is 16.7 Å². The first kappa shape index (κ1) is 8.24. The van der Waals surface area contributed by atoms with Crippen LogP contribution in [0.1, 0.15) is 33.6 Å². The first-order valence-electron chi connectivity index (χ1n) is 4.59. The molecule has 2 aliphatic rings. The van der Waals surface area contributed by atoms with E-state index in [1.165, 1.54) is 0 Å². The number of hydrogen-bond donors (Lipinski definition) is 1. The van der Waals surface area contributed by atoms with Gasteiger partial charge in [-0.1, -0.05) is 20.8 Å². The highest BCUT2D eigenvalue weighted by Gasteiger charge is 2.61. The Morgan fingerprint density at radius 3 is 2.33 bits per heavy atom. The molecule has 0 heterocycles. The number of hydrogen-bond acceptors (Lipinski definition) is 2. The van der Waals surface area contributed by atoms with E-state index in [4.69, 9.17) is 0 Å². The summed E-state index contributed by atoms with van der Waals surface area (Å²) in [4.78, 5) is 11.5. The zero-order valence-electron chi connectivity index (χ0n) is 7.92. The lowest BCUT2D eigenvalue weighted by Gasteiger charge is -2.35. The normalized spacial score (nSPS) is 50.2. The minimum atomic E-state index is -0.685. The predicted molar refractivity (Wildman–Crippen MR) is 45.6 cm³/mol. The fraction of sp³-hybridized carbons (Fsp3) is 0.900. The van der Waals surface area contributed by atoms with E-state index in [0.29, 0.717) is 0 Å². The van der Waals surface area contributed by atoms with Crippen LogP contribution in [0.2, 0.25) is 0 Å². The van der Waals surface area contributed by atoms with E-state index in [-0.39, 0.29) is 22.5 Å². The van der Waals surface area contributed by atoms with Crippen molar-refractivity contribution >= 4 is 5.78 Å². The zero-order valence-corrected chi connectivity index (χ0v) is 7.92. The Balaban J connectivity index is 2.39. The van der Waals surface area contributed by atoms with Crippen molar-refractivity contribution in [3.63, 3.8) is 0 Å². The minimum Gasteiger partial charge on any atom is -0.385 e. The fourth-order valence-electron chi connectivity index (χ4n) is 3.21. The summed E-state index contributed by atoms with van der Waals surface area (Å²) in [5.41, 5.74) is -0.00366. The number of aliphatic hydroxyl groups is 1. The lowest BCUT2D eigenvalue weighted by Crippen LogP contribution is -2.41.